The lowest BCUT2D eigenvalue weighted by Gasteiger charge is -2.28. The maximum atomic E-state index is 12.6. The fraction of sp³-hybridized carbons (Fsp3) is 0.562. The Balaban J connectivity index is 2.27. The maximum absolute atomic E-state index is 12.6. The van der Waals surface area contributed by atoms with Gasteiger partial charge in [-0.25, -0.2) is 0 Å². The van der Waals surface area contributed by atoms with Gasteiger partial charge in [0.2, 0.25) is 0 Å². The van der Waals surface area contributed by atoms with Gasteiger partial charge in [-0.1, -0.05) is 13.0 Å². The van der Waals surface area contributed by atoms with Gasteiger partial charge in [0.05, 0.1) is 0 Å². The van der Waals surface area contributed by atoms with Gasteiger partial charge in [0.1, 0.15) is 0 Å². The second-order valence-electron chi connectivity index (χ2n) is 5.50. The first kappa shape index (κ1) is 13.1. The third kappa shape index (κ3) is 2.29. The van der Waals surface area contributed by atoms with Crippen LogP contribution in [0.25, 0.3) is 0 Å². The van der Waals surface area contributed by atoms with E-state index in [4.69, 9.17) is 0 Å². The highest BCUT2D eigenvalue weighted by molar-refractivity contribution is 5.95. The number of nitrogens with zero attached hydrogens (tertiary/aromatic N) is 1. The van der Waals surface area contributed by atoms with E-state index in [0.29, 0.717) is 12.1 Å². The van der Waals surface area contributed by atoms with Gasteiger partial charge in [-0.3, -0.25) is 4.79 Å². The SMILES string of the molecule is CCC1CCC(C)N1C(=O)c1ccc(C)c(C)c1. The number of benzene rings is 1. The molecular weight excluding hydrogens is 222 g/mol. The lowest BCUT2D eigenvalue weighted by molar-refractivity contribution is 0.0676. The fourth-order valence-electron chi connectivity index (χ4n) is 2.86. The molecule has 0 radical (unpaired) electrons. The van der Waals surface area contributed by atoms with Crippen molar-refractivity contribution in [3.63, 3.8) is 0 Å². The lowest BCUT2D eigenvalue weighted by Crippen LogP contribution is -2.39. The second-order valence-corrected chi connectivity index (χ2v) is 5.50. The van der Waals surface area contributed by atoms with E-state index in [-0.39, 0.29) is 5.91 Å². The lowest BCUT2D eigenvalue weighted by atomic mass is 10.0. The Morgan fingerprint density at radius 2 is 2.00 bits per heavy atom. The van der Waals surface area contributed by atoms with Crippen LogP contribution in [-0.4, -0.2) is 22.9 Å². The molecule has 2 unspecified atom stereocenters. The van der Waals surface area contributed by atoms with Gasteiger partial charge in [0.25, 0.3) is 5.91 Å². The van der Waals surface area contributed by atoms with Crippen LogP contribution >= 0.6 is 0 Å². The second kappa shape index (κ2) is 5.13. The van der Waals surface area contributed by atoms with Crippen LogP contribution in [0.3, 0.4) is 0 Å². The van der Waals surface area contributed by atoms with E-state index < -0.39 is 0 Å². The summed E-state index contributed by atoms with van der Waals surface area (Å²) in [5.74, 6) is 0.204. The predicted molar refractivity (Wildman–Crippen MR) is 74.9 cm³/mol. The topological polar surface area (TPSA) is 20.3 Å². The number of hydrogen-bond donors (Lipinski definition) is 0. The Morgan fingerprint density at radius 1 is 1.28 bits per heavy atom. The van der Waals surface area contributed by atoms with E-state index in [0.717, 1.165) is 24.8 Å². The molecule has 0 N–H and O–H groups in total. The van der Waals surface area contributed by atoms with Crippen LogP contribution in [0, 0.1) is 13.8 Å². The summed E-state index contributed by atoms with van der Waals surface area (Å²) in [6, 6.07) is 6.83. The third-order valence-electron chi connectivity index (χ3n) is 4.25. The molecule has 1 aromatic carbocycles. The molecule has 1 aromatic rings. The number of aryl methyl sites for hydroxylation is 2. The maximum Gasteiger partial charge on any atom is 0.254 e. The van der Waals surface area contributed by atoms with Crippen LogP contribution < -0.4 is 0 Å². The zero-order chi connectivity index (χ0) is 13.3. The van der Waals surface area contributed by atoms with Gasteiger partial charge in [-0.2, -0.15) is 0 Å². The van der Waals surface area contributed by atoms with Crippen molar-refractivity contribution < 1.29 is 4.79 Å². The molecule has 2 rings (SSSR count). The molecule has 0 bridgehead atoms. The van der Waals surface area contributed by atoms with Crippen molar-refractivity contribution in [3.05, 3.63) is 34.9 Å². The molecule has 0 saturated carbocycles. The first-order chi connectivity index (χ1) is 8.54. The smallest absolute Gasteiger partial charge is 0.254 e. The Hall–Kier alpha value is -1.31. The number of carbonyl (C=O) groups is 1. The summed E-state index contributed by atoms with van der Waals surface area (Å²) >= 11 is 0. The molecule has 1 heterocycles. The highest BCUT2D eigenvalue weighted by atomic mass is 16.2. The van der Waals surface area contributed by atoms with E-state index >= 15 is 0 Å². The fourth-order valence-corrected chi connectivity index (χ4v) is 2.86. The molecule has 0 aromatic heterocycles. The molecule has 2 nitrogen and oxygen atoms in total. The zero-order valence-corrected chi connectivity index (χ0v) is 11.9. The molecular formula is C16H23NO. The molecule has 1 aliphatic heterocycles. The van der Waals surface area contributed by atoms with Crippen molar-refractivity contribution in [3.8, 4) is 0 Å². The molecule has 1 saturated heterocycles. The third-order valence-corrected chi connectivity index (χ3v) is 4.25. The highest BCUT2D eigenvalue weighted by Crippen LogP contribution is 2.28. The number of hydrogen-bond acceptors (Lipinski definition) is 1. The average Bonchev–Trinajstić information content (AvgIpc) is 2.73. The van der Waals surface area contributed by atoms with Crippen LogP contribution in [0.2, 0.25) is 0 Å². The Bertz CT molecular complexity index is 452. The summed E-state index contributed by atoms with van der Waals surface area (Å²) in [4.78, 5) is 14.7. The quantitative estimate of drug-likeness (QED) is 0.778. The molecule has 2 heteroatoms. The van der Waals surface area contributed by atoms with Crippen molar-refractivity contribution in [1.82, 2.24) is 4.90 Å². The van der Waals surface area contributed by atoms with Gasteiger partial charge in [-0.15, -0.1) is 0 Å². The monoisotopic (exact) mass is 245 g/mol. The summed E-state index contributed by atoms with van der Waals surface area (Å²) in [5.41, 5.74) is 3.28. The molecule has 2 atom stereocenters. The van der Waals surface area contributed by atoms with Crippen LogP contribution in [0.15, 0.2) is 18.2 Å². The largest absolute Gasteiger partial charge is 0.333 e. The minimum Gasteiger partial charge on any atom is -0.333 e. The van der Waals surface area contributed by atoms with E-state index in [1.54, 1.807) is 0 Å². The summed E-state index contributed by atoms with van der Waals surface area (Å²) in [7, 11) is 0. The molecule has 1 amide bonds. The van der Waals surface area contributed by atoms with Crippen LogP contribution in [-0.2, 0) is 0 Å². The number of likely N-dealkylation sites (tertiary alicyclic amines) is 1. The molecule has 1 fully saturated rings. The molecule has 0 aliphatic carbocycles. The first-order valence-corrected chi connectivity index (χ1v) is 6.94. The highest BCUT2D eigenvalue weighted by Gasteiger charge is 2.33. The summed E-state index contributed by atoms with van der Waals surface area (Å²) in [5, 5.41) is 0. The Kier molecular flexibility index (Phi) is 3.74. The zero-order valence-electron chi connectivity index (χ0n) is 11.9. The first-order valence-electron chi connectivity index (χ1n) is 6.94. The predicted octanol–water partition coefficient (Wildman–Crippen LogP) is 3.71. The van der Waals surface area contributed by atoms with Crippen LogP contribution in [0.1, 0.15) is 54.6 Å². The van der Waals surface area contributed by atoms with Crippen molar-refractivity contribution in [2.75, 3.05) is 0 Å². The van der Waals surface area contributed by atoms with Crippen molar-refractivity contribution in [2.24, 2.45) is 0 Å². The van der Waals surface area contributed by atoms with Crippen molar-refractivity contribution >= 4 is 5.91 Å². The number of amides is 1. The van der Waals surface area contributed by atoms with Crippen LogP contribution in [0.5, 0.6) is 0 Å². The number of carbonyl (C=O) groups excluding carboxylic acids is 1. The van der Waals surface area contributed by atoms with Gasteiger partial charge >= 0.3 is 0 Å². The normalized spacial score (nSPS) is 23.4. The van der Waals surface area contributed by atoms with E-state index in [2.05, 4.69) is 32.6 Å². The molecule has 1 aliphatic rings. The van der Waals surface area contributed by atoms with Crippen molar-refractivity contribution in [1.29, 1.82) is 0 Å². The Labute approximate surface area is 110 Å². The van der Waals surface area contributed by atoms with Gasteiger partial charge in [0, 0.05) is 17.6 Å². The summed E-state index contributed by atoms with van der Waals surface area (Å²) < 4.78 is 0. The molecule has 98 valence electrons. The summed E-state index contributed by atoms with van der Waals surface area (Å²) in [6.45, 7) is 8.48. The van der Waals surface area contributed by atoms with Gasteiger partial charge in [0.15, 0.2) is 0 Å². The van der Waals surface area contributed by atoms with Gasteiger partial charge < -0.3 is 4.90 Å². The van der Waals surface area contributed by atoms with E-state index in [1.807, 2.05) is 18.2 Å². The minimum absolute atomic E-state index is 0.204. The number of rotatable bonds is 2. The standard InChI is InChI=1S/C16H23NO/c1-5-15-9-7-13(4)17(15)16(18)14-8-6-11(2)12(3)10-14/h6,8,10,13,15H,5,7,9H2,1-4H3. The van der Waals surface area contributed by atoms with Crippen molar-refractivity contribution in [2.45, 2.75) is 59.0 Å². The van der Waals surface area contributed by atoms with Gasteiger partial charge in [-0.05, 0) is 63.3 Å². The Morgan fingerprint density at radius 3 is 2.61 bits per heavy atom. The molecule has 0 spiro atoms. The van der Waals surface area contributed by atoms with E-state index in [1.165, 1.54) is 11.1 Å². The van der Waals surface area contributed by atoms with E-state index in [9.17, 15) is 4.79 Å². The van der Waals surface area contributed by atoms with Crippen LogP contribution in [0.4, 0.5) is 0 Å². The molecule has 18 heavy (non-hydrogen) atoms. The average molecular weight is 245 g/mol. The summed E-state index contributed by atoms with van der Waals surface area (Å²) in [6.07, 6.45) is 3.34. The minimum atomic E-state index is 0.204.